The van der Waals surface area contributed by atoms with Gasteiger partial charge in [0.05, 0.1) is 14.2 Å². The molecule has 0 saturated carbocycles. The number of rotatable bonds is 3. The number of ether oxygens (including phenoxy) is 2. The highest BCUT2D eigenvalue weighted by Gasteiger charge is 1.91. The second-order valence-electron chi connectivity index (χ2n) is 1.54. The number of carbonyl (C=O) groups excluding carboxylic acids is 2. The van der Waals surface area contributed by atoms with E-state index >= 15 is 0 Å². The van der Waals surface area contributed by atoms with Gasteiger partial charge >= 0.3 is 11.9 Å². The third-order valence-corrected chi connectivity index (χ3v) is 0.795. The molecule has 0 N–H and O–H groups in total. The van der Waals surface area contributed by atoms with Crippen LogP contribution in [-0.2, 0) is 19.1 Å². The van der Waals surface area contributed by atoms with Crippen LogP contribution in [0.1, 0.15) is 0 Å². The Morgan fingerprint density at radius 1 is 1.00 bits per heavy atom. The summed E-state index contributed by atoms with van der Waals surface area (Å²) in [5.41, 5.74) is 0. The van der Waals surface area contributed by atoms with E-state index in [0.29, 0.717) is 0 Å². The average molecular weight is 172 g/mol. The van der Waals surface area contributed by atoms with E-state index in [4.69, 9.17) is 0 Å². The van der Waals surface area contributed by atoms with Crippen molar-refractivity contribution in [3.8, 4) is 0 Å². The number of hydrogen-bond donors (Lipinski definition) is 0. The standard InChI is InChI=1S/C6H8N2O4/c1-11-5(9)3-7-8-4-6(10)12-2/h3-4H,1-2H3/b7-3+,8-4+. The van der Waals surface area contributed by atoms with Gasteiger partial charge in [-0.1, -0.05) is 0 Å². The van der Waals surface area contributed by atoms with E-state index in [1.807, 2.05) is 0 Å². The van der Waals surface area contributed by atoms with E-state index in [9.17, 15) is 9.59 Å². The molecule has 0 spiro atoms. The van der Waals surface area contributed by atoms with Gasteiger partial charge in [0, 0.05) is 0 Å². The molecule has 0 aromatic rings. The van der Waals surface area contributed by atoms with E-state index < -0.39 is 11.9 Å². The minimum Gasteiger partial charge on any atom is -0.465 e. The first-order chi connectivity index (χ1) is 5.70. The smallest absolute Gasteiger partial charge is 0.351 e. The SMILES string of the molecule is COC(=O)/C=N/N=C/C(=O)OC. The number of nitrogens with zero attached hydrogens (tertiary/aromatic N) is 2. The van der Waals surface area contributed by atoms with Gasteiger partial charge < -0.3 is 9.47 Å². The minimum atomic E-state index is -0.642. The van der Waals surface area contributed by atoms with Crippen molar-refractivity contribution in [2.24, 2.45) is 10.2 Å². The Morgan fingerprint density at radius 2 is 1.33 bits per heavy atom. The van der Waals surface area contributed by atoms with Crippen LogP contribution >= 0.6 is 0 Å². The van der Waals surface area contributed by atoms with E-state index in [0.717, 1.165) is 12.4 Å². The van der Waals surface area contributed by atoms with Crippen molar-refractivity contribution in [2.75, 3.05) is 14.2 Å². The lowest BCUT2D eigenvalue weighted by Crippen LogP contribution is -2.02. The number of hydrogen-bond acceptors (Lipinski definition) is 6. The van der Waals surface area contributed by atoms with Crippen LogP contribution in [0.5, 0.6) is 0 Å². The van der Waals surface area contributed by atoms with Gasteiger partial charge in [0.2, 0.25) is 0 Å². The van der Waals surface area contributed by atoms with Gasteiger partial charge in [0.15, 0.2) is 0 Å². The van der Waals surface area contributed by atoms with E-state index in [-0.39, 0.29) is 0 Å². The predicted molar refractivity (Wildman–Crippen MR) is 41.0 cm³/mol. The largest absolute Gasteiger partial charge is 0.465 e. The van der Waals surface area contributed by atoms with Crippen LogP contribution in [0.25, 0.3) is 0 Å². The van der Waals surface area contributed by atoms with Crippen molar-refractivity contribution < 1.29 is 19.1 Å². The van der Waals surface area contributed by atoms with Crippen molar-refractivity contribution >= 4 is 24.4 Å². The highest BCUT2D eigenvalue weighted by Crippen LogP contribution is 1.73. The third-order valence-electron chi connectivity index (χ3n) is 0.795. The summed E-state index contributed by atoms with van der Waals surface area (Å²) in [6, 6.07) is 0. The minimum absolute atomic E-state index is 0.642. The first kappa shape index (κ1) is 10.3. The van der Waals surface area contributed by atoms with Crippen molar-refractivity contribution in [3.63, 3.8) is 0 Å². The molecule has 0 aliphatic carbocycles. The second kappa shape index (κ2) is 6.02. The molecule has 0 amide bonds. The Balaban J connectivity index is 3.81. The average Bonchev–Trinajstić information content (AvgIpc) is 2.11. The van der Waals surface area contributed by atoms with E-state index in [1.54, 1.807) is 0 Å². The molecule has 66 valence electrons. The van der Waals surface area contributed by atoms with Crippen molar-refractivity contribution in [1.29, 1.82) is 0 Å². The van der Waals surface area contributed by atoms with Gasteiger partial charge in [-0.05, 0) is 0 Å². The molecule has 0 aromatic carbocycles. The molecule has 0 bridgehead atoms. The Labute approximate surface area is 68.9 Å². The summed E-state index contributed by atoms with van der Waals surface area (Å²) in [4.78, 5) is 20.7. The van der Waals surface area contributed by atoms with Gasteiger partial charge in [-0.2, -0.15) is 10.2 Å². The molecule has 0 aromatic heterocycles. The van der Waals surface area contributed by atoms with Gasteiger partial charge in [-0.15, -0.1) is 0 Å². The molecule has 12 heavy (non-hydrogen) atoms. The number of carbonyl (C=O) groups is 2. The molecule has 0 rings (SSSR count). The molecular weight excluding hydrogens is 164 g/mol. The molecule has 0 atom stereocenters. The van der Waals surface area contributed by atoms with Gasteiger partial charge in [0.25, 0.3) is 0 Å². The van der Waals surface area contributed by atoms with Gasteiger partial charge in [-0.3, -0.25) is 0 Å². The summed E-state index contributed by atoms with van der Waals surface area (Å²) < 4.78 is 8.41. The Kier molecular flexibility index (Phi) is 5.16. The fourth-order valence-corrected chi connectivity index (χ4v) is 0.266. The van der Waals surface area contributed by atoms with Crippen LogP contribution < -0.4 is 0 Å². The summed E-state index contributed by atoms with van der Waals surface area (Å²) in [7, 11) is 2.41. The Hall–Kier alpha value is -1.72. The molecule has 0 radical (unpaired) electrons. The first-order valence-corrected chi connectivity index (χ1v) is 2.93. The van der Waals surface area contributed by atoms with Gasteiger partial charge in [-0.25, -0.2) is 9.59 Å². The molecule has 0 saturated heterocycles. The second-order valence-corrected chi connectivity index (χ2v) is 1.54. The monoisotopic (exact) mass is 172 g/mol. The lowest BCUT2D eigenvalue weighted by molar-refractivity contribution is -0.133. The predicted octanol–water partition coefficient (Wildman–Crippen LogP) is -0.611. The number of esters is 2. The maximum atomic E-state index is 10.4. The molecule has 0 unspecified atom stereocenters. The molecule has 6 heteroatoms. The zero-order valence-electron chi connectivity index (χ0n) is 6.68. The molecule has 0 aliphatic heterocycles. The summed E-state index contributed by atoms with van der Waals surface area (Å²) in [5, 5.41) is 6.40. The highest BCUT2D eigenvalue weighted by molar-refractivity contribution is 6.24. The summed E-state index contributed by atoms with van der Waals surface area (Å²) in [5.74, 6) is -1.28. The van der Waals surface area contributed by atoms with Crippen molar-refractivity contribution in [1.82, 2.24) is 0 Å². The molecule has 0 heterocycles. The van der Waals surface area contributed by atoms with Crippen LogP contribution in [-0.4, -0.2) is 38.6 Å². The lowest BCUT2D eigenvalue weighted by atomic mass is 10.7. The zero-order chi connectivity index (χ0) is 9.40. The number of methoxy groups -OCH3 is 2. The zero-order valence-corrected chi connectivity index (χ0v) is 6.68. The fraction of sp³-hybridized carbons (Fsp3) is 0.333. The third kappa shape index (κ3) is 5.10. The van der Waals surface area contributed by atoms with Crippen LogP contribution in [0.3, 0.4) is 0 Å². The summed E-state index contributed by atoms with van der Waals surface area (Å²) in [6.07, 6.45) is 1.67. The van der Waals surface area contributed by atoms with E-state index in [2.05, 4.69) is 19.7 Å². The normalized spacial score (nSPS) is 10.5. The molecule has 0 aliphatic rings. The maximum Gasteiger partial charge on any atom is 0.351 e. The van der Waals surface area contributed by atoms with Crippen LogP contribution in [0.15, 0.2) is 10.2 Å². The fourth-order valence-electron chi connectivity index (χ4n) is 0.266. The Morgan fingerprint density at radius 3 is 1.58 bits per heavy atom. The summed E-state index contributed by atoms with van der Waals surface area (Å²) >= 11 is 0. The van der Waals surface area contributed by atoms with Crippen LogP contribution in [0.2, 0.25) is 0 Å². The molecule has 6 nitrogen and oxygen atoms in total. The topological polar surface area (TPSA) is 77.3 Å². The van der Waals surface area contributed by atoms with Crippen molar-refractivity contribution in [2.45, 2.75) is 0 Å². The lowest BCUT2D eigenvalue weighted by Gasteiger charge is -1.86. The van der Waals surface area contributed by atoms with Gasteiger partial charge in [0.1, 0.15) is 12.4 Å². The van der Waals surface area contributed by atoms with Crippen LogP contribution in [0.4, 0.5) is 0 Å². The maximum absolute atomic E-state index is 10.4. The first-order valence-electron chi connectivity index (χ1n) is 2.93. The molecule has 0 fully saturated rings. The van der Waals surface area contributed by atoms with Crippen molar-refractivity contribution in [3.05, 3.63) is 0 Å². The summed E-state index contributed by atoms with van der Waals surface area (Å²) in [6.45, 7) is 0. The highest BCUT2D eigenvalue weighted by atomic mass is 16.5. The van der Waals surface area contributed by atoms with E-state index in [1.165, 1.54) is 14.2 Å². The van der Waals surface area contributed by atoms with Crippen LogP contribution in [0, 0.1) is 0 Å². The molecular formula is C6H8N2O4. The quantitative estimate of drug-likeness (QED) is 0.323. The Bertz CT molecular complexity index is 198.